The van der Waals surface area contributed by atoms with Crippen LogP contribution in [0.2, 0.25) is 0 Å². The zero-order valence-corrected chi connectivity index (χ0v) is 14.9. The van der Waals surface area contributed by atoms with Crippen molar-refractivity contribution >= 4 is 17.6 Å². The van der Waals surface area contributed by atoms with Crippen LogP contribution in [0.5, 0.6) is 0 Å². The van der Waals surface area contributed by atoms with Gasteiger partial charge in [0.05, 0.1) is 30.7 Å². The minimum Gasteiger partial charge on any atom is -0.462 e. The number of benzene rings is 1. The van der Waals surface area contributed by atoms with Crippen molar-refractivity contribution in [1.82, 2.24) is 5.06 Å². The maximum absolute atomic E-state index is 11.9. The molecule has 24 heavy (non-hydrogen) atoms. The summed E-state index contributed by atoms with van der Waals surface area (Å²) in [7, 11) is 0. The van der Waals surface area contributed by atoms with Gasteiger partial charge in [-0.3, -0.25) is 0 Å². The second kappa shape index (κ2) is 7.66. The van der Waals surface area contributed by atoms with E-state index in [0.717, 1.165) is 18.8 Å². The first kappa shape index (κ1) is 18.3. The molecule has 1 heterocycles. The highest BCUT2D eigenvalue weighted by Gasteiger charge is 2.28. The summed E-state index contributed by atoms with van der Waals surface area (Å²) in [4.78, 5) is 31.4. The Morgan fingerprint density at radius 2 is 1.79 bits per heavy atom. The number of hydrogen-bond acceptors (Lipinski definition) is 6. The number of carbonyl (C=O) groups excluding carboxylic acids is 2. The quantitative estimate of drug-likeness (QED) is 0.789. The standard InChI is InChI=1S/C18H26N2O4/c1-5-23-16(21)14-7-6-8-15(13-14)19-9-11-20(12-10-19)24-17(22)18(2,3)4/h6-8,13H,5,9-12H2,1-4H3. The monoisotopic (exact) mass is 334 g/mol. The van der Waals surface area contributed by atoms with E-state index >= 15 is 0 Å². The summed E-state index contributed by atoms with van der Waals surface area (Å²) >= 11 is 0. The van der Waals surface area contributed by atoms with E-state index in [1.807, 2.05) is 39.0 Å². The Morgan fingerprint density at radius 3 is 2.38 bits per heavy atom. The number of rotatable bonds is 4. The Bertz CT molecular complexity index is 587. The van der Waals surface area contributed by atoms with Crippen molar-refractivity contribution in [1.29, 1.82) is 0 Å². The third kappa shape index (κ3) is 4.71. The predicted octanol–water partition coefficient (Wildman–Crippen LogP) is 2.49. The second-order valence-corrected chi connectivity index (χ2v) is 6.82. The summed E-state index contributed by atoms with van der Waals surface area (Å²) in [5.41, 5.74) is 1.02. The minimum atomic E-state index is -0.509. The maximum Gasteiger partial charge on any atom is 0.338 e. The van der Waals surface area contributed by atoms with Crippen LogP contribution in [-0.2, 0) is 14.4 Å². The molecule has 0 amide bonds. The topological polar surface area (TPSA) is 59.1 Å². The number of nitrogens with zero attached hydrogens (tertiary/aromatic N) is 2. The van der Waals surface area contributed by atoms with Crippen molar-refractivity contribution in [2.45, 2.75) is 27.7 Å². The number of hydrogen-bond donors (Lipinski definition) is 0. The highest BCUT2D eigenvalue weighted by Crippen LogP contribution is 2.20. The lowest BCUT2D eigenvalue weighted by molar-refractivity contribution is -0.201. The van der Waals surface area contributed by atoms with Gasteiger partial charge in [-0.1, -0.05) is 6.07 Å². The summed E-state index contributed by atoms with van der Waals surface area (Å²) < 4.78 is 5.04. The summed E-state index contributed by atoms with van der Waals surface area (Å²) in [6.07, 6.45) is 0. The first-order chi connectivity index (χ1) is 11.3. The lowest BCUT2D eigenvalue weighted by Crippen LogP contribution is -2.48. The van der Waals surface area contributed by atoms with Gasteiger partial charge in [-0.15, -0.1) is 5.06 Å². The van der Waals surface area contributed by atoms with E-state index in [-0.39, 0.29) is 11.9 Å². The van der Waals surface area contributed by atoms with Crippen molar-refractivity contribution in [3.8, 4) is 0 Å². The smallest absolute Gasteiger partial charge is 0.338 e. The van der Waals surface area contributed by atoms with Gasteiger partial charge >= 0.3 is 11.9 Å². The van der Waals surface area contributed by atoms with Gasteiger partial charge in [0.2, 0.25) is 0 Å². The zero-order chi connectivity index (χ0) is 17.7. The molecule has 0 radical (unpaired) electrons. The van der Waals surface area contributed by atoms with E-state index in [4.69, 9.17) is 9.57 Å². The SMILES string of the molecule is CCOC(=O)c1cccc(N2CCN(OC(=O)C(C)(C)C)CC2)c1. The van der Waals surface area contributed by atoms with Crippen LogP contribution in [0, 0.1) is 5.41 Å². The molecule has 1 aromatic rings. The molecule has 2 rings (SSSR count). The molecule has 1 aliphatic rings. The van der Waals surface area contributed by atoms with Crippen molar-refractivity contribution in [3.05, 3.63) is 29.8 Å². The number of ether oxygens (including phenoxy) is 1. The molecule has 1 saturated heterocycles. The predicted molar refractivity (Wildman–Crippen MR) is 91.7 cm³/mol. The number of anilines is 1. The molecule has 0 N–H and O–H groups in total. The van der Waals surface area contributed by atoms with E-state index < -0.39 is 5.41 Å². The van der Waals surface area contributed by atoms with E-state index in [9.17, 15) is 9.59 Å². The molecular formula is C18H26N2O4. The minimum absolute atomic E-state index is 0.222. The van der Waals surface area contributed by atoms with Crippen LogP contribution >= 0.6 is 0 Å². The first-order valence-corrected chi connectivity index (χ1v) is 8.30. The lowest BCUT2D eigenvalue weighted by Gasteiger charge is -2.35. The van der Waals surface area contributed by atoms with Crippen LogP contribution in [0.25, 0.3) is 0 Å². The fraction of sp³-hybridized carbons (Fsp3) is 0.556. The summed E-state index contributed by atoms with van der Waals surface area (Å²) in [5.74, 6) is -0.530. The molecule has 0 unspecified atom stereocenters. The number of esters is 1. The molecule has 0 bridgehead atoms. The molecule has 1 aromatic carbocycles. The number of hydroxylamine groups is 2. The molecular weight excluding hydrogens is 308 g/mol. The van der Waals surface area contributed by atoms with Crippen LogP contribution in [-0.4, -0.2) is 49.8 Å². The van der Waals surface area contributed by atoms with Crippen LogP contribution in [0.1, 0.15) is 38.1 Å². The molecule has 0 atom stereocenters. The van der Waals surface area contributed by atoms with Gasteiger partial charge in [-0.25, -0.2) is 9.59 Å². The largest absolute Gasteiger partial charge is 0.462 e. The number of carbonyl (C=O) groups is 2. The first-order valence-electron chi connectivity index (χ1n) is 8.30. The average molecular weight is 334 g/mol. The summed E-state index contributed by atoms with van der Waals surface area (Å²) in [6.45, 7) is 10.4. The van der Waals surface area contributed by atoms with Crippen LogP contribution in [0.3, 0.4) is 0 Å². The Hall–Kier alpha value is -2.08. The number of piperazine rings is 1. The molecule has 6 nitrogen and oxygen atoms in total. The van der Waals surface area contributed by atoms with Crippen molar-refractivity contribution < 1.29 is 19.2 Å². The fourth-order valence-corrected chi connectivity index (χ4v) is 2.34. The Kier molecular flexibility index (Phi) is 5.83. The van der Waals surface area contributed by atoms with Gasteiger partial charge in [0.15, 0.2) is 0 Å². The van der Waals surface area contributed by atoms with Gasteiger partial charge in [-0.2, -0.15) is 0 Å². The Balaban J connectivity index is 1.94. The van der Waals surface area contributed by atoms with Gasteiger partial charge < -0.3 is 14.5 Å². The molecule has 0 spiro atoms. The van der Waals surface area contributed by atoms with Crippen LogP contribution in [0.15, 0.2) is 24.3 Å². The summed E-state index contributed by atoms with van der Waals surface area (Å²) in [6, 6.07) is 7.42. The molecule has 0 saturated carbocycles. The molecule has 0 aliphatic carbocycles. The van der Waals surface area contributed by atoms with Gasteiger partial charge in [0.1, 0.15) is 0 Å². The van der Waals surface area contributed by atoms with E-state index in [0.29, 0.717) is 25.3 Å². The average Bonchev–Trinajstić information content (AvgIpc) is 2.55. The molecule has 1 fully saturated rings. The lowest BCUT2D eigenvalue weighted by atomic mass is 9.98. The van der Waals surface area contributed by atoms with E-state index in [2.05, 4.69) is 4.90 Å². The van der Waals surface area contributed by atoms with Crippen LogP contribution in [0.4, 0.5) is 5.69 Å². The van der Waals surface area contributed by atoms with Crippen molar-refractivity contribution in [2.24, 2.45) is 5.41 Å². The summed E-state index contributed by atoms with van der Waals surface area (Å²) in [5, 5.41) is 1.71. The van der Waals surface area contributed by atoms with Gasteiger partial charge in [0.25, 0.3) is 0 Å². The van der Waals surface area contributed by atoms with Crippen molar-refractivity contribution in [2.75, 3.05) is 37.7 Å². The normalized spacial score (nSPS) is 15.9. The van der Waals surface area contributed by atoms with Gasteiger partial charge in [0, 0.05) is 18.8 Å². The Labute approximate surface area is 143 Å². The Morgan fingerprint density at radius 1 is 1.12 bits per heavy atom. The third-order valence-corrected chi connectivity index (χ3v) is 3.79. The van der Waals surface area contributed by atoms with E-state index in [1.165, 1.54) is 0 Å². The molecule has 6 heteroatoms. The zero-order valence-electron chi connectivity index (χ0n) is 14.9. The maximum atomic E-state index is 11.9. The molecule has 0 aromatic heterocycles. The molecule has 132 valence electrons. The van der Waals surface area contributed by atoms with Gasteiger partial charge in [-0.05, 0) is 45.9 Å². The van der Waals surface area contributed by atoms with E-state index in [1.54, 1.807) is 18.1 Å². The fourth-order valence-electron chi connectivity index (χ4n) is 2.34. The molecule has 1 aliphatic heterocycles. The highest BCUT2D eigenvalue weighted by molar-refractivity contribution is 5.90. The highest BCUT2D eigenvalue weighted by atomic mass is 16.7. The van der Waals surface area contributed by atoms with Crippen LogP contribution < -0.4 is 4.90 Å². The second-order valence-electron chi connectivity index (χ2n) is 6.82. The van der Waals surface area contributed by atoms with Crippen molar-refractivity contribution in [3.63, 3.8) is 0 Å². The third-order valence-electron chi connectivity index (χ3n) is 3.79.